The number of sulfone groups is 1. The Morgan fingerprint density at radius 2 is 1.71 bits per heavy atom. The van der Waals surface area contributed by atoms with Crippen LogP contribution in [-0.2, 0) is 9.84 Å². The quantitative estimate of drug-likeness (QED) is 0.529. The van der Waals surface area contributed by atoms with Crippen molar-refractivity contribution in [3.63, 3.8) is 0 Å². The summed E-state index contributed by atoms with van der Waals surface area (Å²) in [6.07, 6.45) is 3.08. The molecule has 1 aliphatic heterocycles. The molecule has 1 saturated heterocycles. The number of nitrogen functional groups attached to an aromatic ring is 1. The highest BCUT2D eigenvalue weighted by molar-refractivity contribution is 8.24. The Morgan fingerprint density at radius 1 is 1.00 bits per heavy atom. The second kappa shape index (κ2) is 8.19. The van der Waals surface area contributed by atoms with E-state index in [4.69, 9.17) is 5.73 Å². The monoisotopic (exact) mass is 463 g/mol. The molecule has 0 aliphatic carbocycles. The van der Waals surface area contributed by atoms with Gasteiger partial charge in [-0.05, 0) is 36.6 Å². The summed E-state index contributed by atoms with van der Waals surface area (Å²) in [5, 5.41) is -0.706. The van der Waals surface area contributed by atoms with Crippen molar-refractivity contribution in [1.29, 1.82) is 0 Å². The summed E-state index contributed by atoms with van der Waals surface area (Å²) < 4.78 is 61.2. The van der Waals surface area contributed by atoms with Gasteiger partial charge in [-0.25, -0.2) is 17.8 Å². The summed E-state index contributed by atoms with van der Waals surface area (Å²) in [7, 11) is -6.43. The van der Waals surface area contributed by atoms with Crippen molar-refractivity contribution < 1.29 is 21.9 Å². The van der Waals surface area contributed by atoms with E-state index in [1.165, 1.54) is 30.6 Å². The van der Waals surface area contributed by atoms with Crippen LogP contribution >= 0.6 is 10.6 Å². The zero-order valence-corrected chi connectivity index (χ0v) is 18.1. The Morgan fingerprint density at radius 3 is 2.35 bits per heavy atom. The number of benzene rings is 2. The minimum atomic E-state index is -3.74. The fourth-order valence-electron chi connectivity index (χ4n) is 3.70. The number of aromatic nitrogens is 2. The number of hydrogen-bond acceptors (Lipinski definition) is 7. The molecular weight excluding hydrogens is 441 g/mol. The third-order valence-electron chi connectivity index (χ3n) is 5.39. The van der Waals surface area contributed by atoms with Gasteiger partial charge in [-0.1, -0.05) is 24.3 Å². The molecule has 31 heavy (non-hydrogen) atoms. The SMILES string of the molecule is Nc1cnc(-c2ccc(-c3ccccc3S(=O)(=O)C3CCS(O)(O)CC3)cc2F)cn1. The van der Waals surface area contributed by atoms with Crippen molar-refractivity contribution in [3.05, 3.63) is 60.7 Å². The predicted molar refractivity (Wildman–Crippen MR) is 120 cm³/mol. The third-order valence-corrected chi connectivity index (χ3v) is 9.49. The lowest BCUT2D eigenvalue weighted by Gasteiger charge is -2.38. The maximum Gasteiger partial charge on any atom is 0.181 e. The molecule has 0 atom stereocenters. The number of anilines is 1. The molecule has 0 amide bonds. The van der Waals surface area contributed by atoms with Crippen molar-refractivity contribution in [3.8, 4) is 22.4 Å². The van der Waals surface area contributed by atoms with E-state index in [9.17, 15) is 21.9 Å². The van der Waals surface area contributed by atoms with Crippen molar-refractivity contribution >= 4 is 26.2 Å². The van der Waals surface area contributed by atoms with Crippen molar-refractivity contribution in [2.24, 2.45) is 0 Å². The molecule has 7 nitrogen and oxygen atoms in total. The Kier molecular flexibility index (Phi) is 5.73. The van der Waals surface area contributed by atoms with E-state index in [0.29, 0.717) is 16.8 Å². The van der Waals surface area contributed by atoms with Crippen LogP contribution in [0.3, 0.4) is 0 Å². The summed E-state index contributed by atoms with van der Waals surface area (Å²) in [6, 6.07) is 10.9. The van der Waals surface area contributed by atoms with Crippen molar-refractivity contribution in [2.75, 3.05) is 17.2 Å². The molecule has 2 heterocycles. The van der Waals surface area contributed by atoms with E-state index in [1.54, 1.807) is 24.3 Å². The average molecular weight is 464 g/mol. The van der Waals surface area contributed by atoms with Gasteiger partial charge in [0.05, 0.1) is 28.2 Å². The first-order valence-corrected chi connectivity index (χ1v) is 13.0. The first-order valence-electron chi connectivity index (χ1n) is 9.62. The summed E-state index contributed by atoms with van der Waals surface area (Å²) in [6.45, 7) is 0. The van der Waals surface area contributed by atoms with E-state index in [1.807, 2.05) is 0 Å². The van der Waals surface area contributed by atoms with Crippen molar-refractivity contribution in [2.45, 2.75) is 23.0 Å². The molecule has 0 bridgehead atoms. The van der Waals surface area contributed by atoms with Gasteiger partial charge in [0.1, 0.15) is 11.6 Å². The molecule has 3 aromatic rings. The van der Waals surface area contributed by atoms with Gasteiger partial charge in [0.25, 0.3) is 0 Å². The molecule has 1 aliphatic rings. The van der Waals surface area contributed by atoms with Crippen LogP contribution in [0.2, 0.25) is 0 Å². The molecule has 0 radical (unpaired) electrons. The zero-order chi connectivity index (χ0) is 22.2. The fraction of sp³-hybridized carbons (Fsp3) is 0.238. The molecule has 10 heteroatoms. The van der Waals surface area contributed by atoms with Gasteiger partial charge in [0, 0.05) is 22.6 Å². The van der Waals surface area contributed by atoms with Gasteiger partial charge >= 0.3 is 0 Å². The minimum absolute atomic E-state index is 0.0744. The summed E-state index contributed by atoms with van der Waals surface area (Å²) in [5.74, 6) is -0.185. The van der Waals surface area contributed by atoms with Crippen LogP contribution in [0.1, 0.15) is 12.8 Å². The van der Waals surface area contributed by atoms with Crippen LogP contribution in [0.15, 0.2) is 59.8 Å². The highest BCUT2D eigenvalue weighted by atomic mass is 32.3. The number of nitrogens with zero attached hydrogens (tertiary/aromatic N) is 2. The molecule has 4 rings (SSSR count). The molecule has 2 aromatic carbocycles. The molecule has 164 valence electrons. The predicted octanol–water partition coefficient (Wildman–Crippen LogP) is 4.22. The van der Waals surface area contributed by atoms with Crippen molar-refractivity contribution in [1.82, 2.24) is 9.97 Å². The molecule has 0 saturated carbocycles. The number of nitrogens with two attached hydrogens (primary N) is 1. The van der Waals surface area contributed by atoms with E-state index >= 15 is 0 Å². The summed E-state index contributed by atoms with van der Waals surface area (Å²) in [4.78, 5) is 8.11. The largest absolute Gasteiger partial charge is 0.382 e. The Hall–Kier alpha value is -2.53. The second-order valence-electron chi connectivity index (χ2n) is 7.47. The van der Waals surface area contributed by atoms with Gasteiger partial charge < -0.3 is 5.73 Å². The van der Waals surface area contributed by atoms with Gasteiger partial charge in [0.2, 0.25) is 0 Å². The van der Waals surface area contributed by atoms with E-state index < -0.39 is 31.5 Å². The van der Waals surface area contributed by atoms with Gasteiger partial charge in [0.15, 0.2) is 9.84 Å². The maximum atomic E-state index is 14.9. The zero-order valence-electron chi connectivity index (χ0n) is 16.5. The summed E-state index contributed by atoms with van der Waals surface area (Å²) in [5.41, 5.74) is 6.89. The first-order chi connectivity index (χ1) is 14.7. The molecule has 4 N–H and O–H groups in total. The molecule has 1 aromatic heterocycles. The first kappa shape index (κ1) is 21.7. The number of rotatable bonds is 4. The Labute approximate surface area is 181 Å². The lowest BCUT2D eigenvalue weighted by atomic mass is 10.0. The lowest BCUT2D eigenvalue weighted by molar-refractivity contribution is 0.467. The van der Waals surface area contributed by atoms with Gasteiger partial charge in [-0.3, -0.25) is 14.1 Å². The third kappa shape index (κ3) is 4.42. The second-order valence-corrected chi connectivity index (χ2v) is 12.1. The Bertz CT molecular complexity index is 1210. The molecular formula is C21H22FN3O4S2. The Balaban J connectivity index is 1.70. The maximum absolute atomic E-state index is 14.9. The standard InChI is InChI=1S/C21H22FN3O4S2/c22-18-11-14(5-6-17(18)19-12-25-21(23)13-24-19)16-3-1-2-4-20(16)31(28,29)15-7-9-30(26,27)10-8-15/h1-6,11-13,15,26-27H,7-10H2,(H2,23,25). The number of hydrogen-bond donors (Lipinski definition) is 3. The normalized spacial score (nSPS) is 17.9. The van der Waals surface area contributed by atoms with Crippen LogP contribution in [0.4, 0.5) is 10.2 Å². The highest BCUT2D eigenvalue weighted by Crippen LogP contribution is 2.46. The molecule has 0 spiro atoms. The molecule has 0 unspecified atom stereocenters. The molecule has 1 fully saturated rings. The fourth-order valence-corrected chi connectivity index (χ4v) is 7.50. The minimum Gasteiger partial charge on any atom is -0.382 e. The van der Waals surface area contributed by atoms with Gasteiger partial charge in [-0.15, -0.1) is 0 Å². The van der Waals surface area contributed by atoms with E-state index in [0.717, 1.165) is 0 Å². The smallest absolute Gasteiger partial charge is 0.181 e. The number of halogens is 1. The van der Waals surface area contributed by atoms with E-state index in [2.05, 4.69) is 9.97 Å². The topological polar surface area (TPSA) is 126 Å². The van der Waals surface area contributed by atoms with Crippen LogP contribution in [0, 0.1) is 5.82 Å². The summed E-state index contributed by atoms with van der Waals surface area (Å²) >= 11 is 0. The van der Waals surface area contributed by atoms with E-state index in [-0.39, 0.29) is 40.6 Å². The van der Waals surface area contributed by atoms with Gasteiger partial charge in [-0.2, -0.15) is 10.6 Å². The van der Waals surface area contributed by atoms with Crippen LogP contribution < -0.4 is 5.73 Å². The van der Waals surface area contributed by atoms with Crippen LogP contribution in [-0.4, -0.2) is 44.2 Å². The van der Waals surface area contributed by atoms with Crippen LogP contribution in [0.25, 0.3) is 22.4 Å². The average Bonchev–Trinajstić information content (AvgIpc) is 2.74. The lowest BCUT2D eigenvalue weighted by Crippen LogP contribution is -2.31. The highest BCUT2D eigenvalue weighted by Gasteiger charge is 2.35. The van der Waals surface area contributed by atoms with Crippen LogP contribution in [0.5, 0.6) is 0 Å².